The summed E-state index contributed by atoms with van der Waals surface area (Å²) < 4.78 is 2.05. The number of nitrogens with one attached hydrogen (secondary N) is 2. The van der Waals surface area contributed by atoms with Crippen LogP contribution in [-0.2, 0) is 6.54 Å². The molecule has 4 rings (SSSR count). The molecule has 29 heavy (non-hydrogen) atoms. The SMILES string of the molecule is CC(C)n1cnc2c(NCc3ccccc3O)nc(NC3CCC(N)CC3)nc21. The number of phenols is 1. The lowest BCUT2D eigenvalue weighted by Crippen LogP contribution is -2.33. The van der Waals surface area contributed by atoms with Crippen LogP contribution in [-0.4, -0.2) is 36.7 Å². The number of para-hydroxylation sites is 1. The number of imidazole rings is 1. The molecule has 0 amide bonds. The molecule has 8 heteroatoms. The van der Waals surface area contributed by atoms with Crippen LogP contribution in [0.4, 0.5) is 11.8 Å². The van der Waals surface area contributed by atoms with Crippen LogP contribution in [0.25, 0.3) is 11.2 Å². The Morgan fingerprint density at radius 1 is 1.17 bits per heavy atom. The van der Waals surface area contributed by atoms with E-state index < -0.39 is 0 Å². The number of hydrogen-bond acceptors (Lipinski definition) is 7. The molecule has 154 valence electrons. The minimum atomic E-state index is 0.237. The van der Waals surface area contributed by atoms with Crippen LogP contribution in [0.3, 0.4) is 0 Å². The smallest absolute Gasteiger partial charge is 0.227 e. The van der Waals surface area contributed by atoms with Gasteiger partial charge in [0, 0.05) is 30.2 Å². The summed E-state index contributed by atoms with van der Waals surface area (Å²) in [6.45, 7) is 4.66. The molecule has 1 aromatic carbocycles. The Labute approximate surface area is 170 Å². The number of aromatic hydroxyl groups is 1. The molecule has 1 saturated carbocycles. The molecule has 2 heterocycles. The average Bonchev–Trinajstić information content (AvgIpc) is 3.13. The second-order valence-electron chi connectivity index (χ2n) is 8.05. The number of rotatable bonds is 6. The third-order valence-electron chi connectivity index (χ3n) is 5.52. The Hall–Kier alpha value is -2.87. The van der Waals surface area contributed by atoms with Crippen LogP contribution in [0.2, 0.25) is 0 Å². The van der Waals surface area contributed by atoms with E-state index in [2.05, 4.69) is 29.5 Å². The van der Waals surface area contributed by atoms with Crippen molar-refractivity contribution >= 4 is 22.9 Å². The molecular weight excluding hydrogens is 366 g/mol. The molecule has 1 fully saturated rings. The number of phenolic OH excluding ortho intramolecular Hbond substituents is 1. The van der Waals surface area contributed by atoms with Gasteiger partial charge in [0.1, 0.15) is 5.75 Å². The van der Waals surface area contributed by atoms with Gasteiger partial charge in [-0.3, -0.25) is 0 Å². The summed E-state index contributed by atoms with van der Waals surface area (Å²) in [7, 11) is 0. The van der Waals surface area contributed by atoms with E-state index in [0.29, 0.717) is 30.4 Å². The van der Waals surface area contributed by atoms with Gasteiger partial charge >= 0.3 is 0 Å². The van der Waals surface area contributed by atoms with Crippen LogP contribution in [0, 0.1) is 0 Å². The van der Waals surface area contributed by atoms with E-state index in [0.717, 1.165) is 42.4 Å². The third kappa shape index (κ3) is 4.27. The van der Waals surface area contributed by atoms with Crippen LogP contribution in [0.1, 0.15) is 51.1 Å². The van der Waals surface area contributed by atoms with E-state index in [4.69, 9.17) is 15.7 Å². The van der Waals surface area contributed by atoms with Crippen molar-refractivity contribution in [2.75, 3.05) is 10.6 Å². The fourth-order valence-corrected chi connectivity index (χ4v) is 3.77. The van der Waals surface area contributed by atoms with E-state index in [-0.39, 0.29) is 11.8 Å². The molecule has 1 aliphatic carbocycles. The first-order chi connectivity index (χ1) is 14.0. The van der Waals surface area contributed by atoms with Crippen molar-refractivity contribution in [1.82, 2.24) is 19.5 Å². The number of nitrogens with two attached hydrogens (primary N) is 1. The van der Waals surface area contributed by atoms with Crippen LogP contribution < -0.4 is 16.4 Å². The Morgan fingerprint density at radius 3 is 2.66 bits per heavy atom. The summed E-state index contributed by atoms with van der Waals surface area (Å²) in [6.07, 6.45) is 5.88. The minimum Gasteiger partial charge on any atom is -0.508 e. The molecule has 0 saturated heterocycles. The molecular formula is C21H29N7O. The highest BCUT2D eigenvalue weighted by molar-refractivity contribution is 5.84. The predicted molar refractivity (Wildman–Crippen MR) is 115 cm³/mol. The summed E-state index contributed by atoms with van der Waals surface area (Å²) in [6, 6.07) is 8.15. The van der Waals surface area contributed by atoms with Crippen LogP contribution in [0.5, 0.6) is 5.75 Å². The Bertz CT molecular complexity index is 976. The molecule has 0 radical (unpaired) electrons. The van der Waals surface area contributed by atoms with Gasteiger partial charge in [-0.25, -0.2) is 4.98 Å². The van der Waals surface area contributed by atoms with Crippen molar-refractivity contribution in [2.24, 2.45) is 5.73 Å². The first-order valence-corrected chi connectivity index (χ1v) is 10.3. The molecule has 8 nitrogen and oxygen atoms in total. The summed E-state index contributed by atoms with van der Waals surface area (Å²) in [5.41, 5.74) is 8.36. The second-order valence-corrected chi connectivity index (χ2v) is 8.05. The second kappa shape index (κ2) is 8.24. The van der Waals surface area contributed by atoms with E-state index in [1.807, 2.05) is 22.8 Å². The highest BCUT2D eigenvalue weighted by Gasteiger charge is 2.21. The number of fused-ring (bicyclic) bond motifs is 1. The molecule has 0 atom stereocenters. The third-order valence-corrected chi connectivity index (χ3v) is 5.52. The summed E-state index contributed by atoms with van der Waals surface area (Å²) >= 11 is 0. The van der Waals surface area contributed by atoms with Gasteiger partial charge in [-0.1, -0.05) is 18.2 Å². The number of hydrogen-bond donors (Lipinski definition) is 4. The first-order valence-electron chi connectivity index (χ1n) is 10.3. The van der Waals surface area contributed by atoms with Gasteiger partial charge in [-0.15, -0.1) is 0 Å². The lowest BCUT2D eigenvalue weighted by atomic mass is 9.92. The van der Waals surface area contributed by atoms with Crippen molar-refractivity contribution in [3.8, 4) is 5.75 Å². The fourth-order valence-electron chi connectivity index (χ4n) is 3.77. The maximum atomic E-state index is 10.1. The Morgan fingerprint density at radius 2 is 1.93 bits per heavy atom. The highest BCUT2D eigenvalue weighted by Crippen LogP contribution is 2.26. The number of nitrogens with zero attached hydrogens (tertiary/aromatic N) is 4. The van der Waals surface area contributed by atoms with E-state index >= 15 is 0 Å². The monoisotopic (exact) mass is 395 g/mol. The van der Waals surface area contributed by atoms with E-state index in [9.17, 15) is 5.11 Å². The van der Waals surface area contributed by atoms with Crippen LogP contribution in [0.15, 0.2) is 30.6 Å². The van der Waals surface area contributed by atoms with Crippen molar-refractivity contribution in [2.45, 2.75) is 64.2 Å². The van der Waals surface area contributed by atoms with Gasteiger partial charge in [0.2, 0.25) is 5.95 Å². The lowest BCUT2D eigenvalue weighted by molar-refractivity contribution is 0.410. The largest absolute Gasteiger partial charge is 0.508 e. The minimum absolute atomic E-state index is 0.237. The average molecular weight is 396 g/mol. The predicted octanol–water partition coefficient (Wildman–Crippen LogP) is 3.41. The first kappa shape index (κ1) is 19.4. The zero-order valence-corrected chi connectivity index (χ0v) is 17.0. The van der Waals surface area contributed by atoms with Crippen molar-refractivity contribution in [3.05, 3.63) is 36.2 Å². The quantitative estimate of drug-likeness (QED) is 0.506. The van der Waals surface area contributed by atoms with Gasteiger partial charge in [-0.05, 0) is 45.6 Å². The van der Waals surface area contributed by atoms with Gasteiger partial charge in [0.25, 0.3) is 0 Å². The van der Waals surface area contributed by atoms with Gasteiger partial charge < -0.3 is 26.0 Å². The lowest BCUT2D eigenvalue weighted by Gasteiger charge is -2.27. The Balaban J connectivity index is 1.63. The summed E-state index contributed by atoms with van der Waals surface area (Å²) in [4.78, 5) is 14.0. The van der Waals surface area contributed by atoms with Crippen molar-refractivity contribution < 1.29 is 5.11 Å². The zero-order valence-electron chi connectivity index (χ0n) is 17.0. The number of aromatic nitrogens is 4. The number of benzene rings is 1. The maximum Gasteiger partial charge on any atom is 0.227 e. The molecule has 0 unspecified atom stereocenters. The maximum absolute atomic E-state index is 10.1. The Kier molecular flexibility index (Phi) is 5.53. The van der Waals surface area contributed by atoms with Crippen LogP contribution >= 0.6 is 0 Å². The standard InChI is InChI=1S/C21H29N7O/c1-13(2)28-12-24-18-19(23-11-14-5-3-4-6-17(14)29)26-21(27-20(18)28)25-16-9-7-15(22)8-10-16/h3-6,12-13,15-16,29H,7-11,22H2,1-2H3,(H2,23,25,26,27). The molecule has 3 aromatic rings. The highest BCUT2D eigenvalue weighted by atomic mass is 16.3. The zero-order chi connectivity index (χ0) is 20.4. The molecule has 2 aromatic heterocycles. The molecule has 0 aliphatic heterocycles. The molecule has 0 bridgehead atoms. The van der Waals surface area contributed by atoms with E-state index in [1.54, 1.807) is 12.4 Å². The van der Waals surface area contributed by atoms with Gasteiger partial charge in [0.15, 0.2) is 17.0 Å². The van der Waals surface area contributed by atoms with E-state index in [1.165, 1.54) is 0 Å². The fraction of sp³-hybridized carbons (Fsp3) is 0.476. The van der Waals surface area contributed by atoms with Crippen molar-refractivity contribution in [3.63, 3.8) is 0 Å². The van der Waals surface area contributed by atoms with Gasteiger partial charge in [0.05, 0.1) is 6.33 Å². The number of anilines is 2. The summed E-state index contributed by atoms with van der Waals surface area (Å²) in [5.74, 6) is 1.52. The van der Waals surface area contributed by atoms with Gasteiger partial charge in [-0.2, -0.15) is 9.97 Å². The van der Waals surface area contributed by atoms with Crippen molar-refractivity contribution in [1.29, 1.82) is 0 Å². The molecule has 1 aliphatic rings. The topological polar surface area (TPSA) is 114 Å². The molecule has 5 N–H and O–H groups in total. The normalized spacial score (nSPS) is 19.6. The molecule has 0 spiro atoms. The summed E-state index contributed by atoms with van der Waals surface area (Å²) in [5, 5.41) is 16.9.